The molecule has 0 aliphatic carbocycles. The molecule has 0 aromatic carbocycles. The predicted molar refractivity (Wildman–Crippen MR) is 75.0 cm³/mol. The number of rotatable bonds is 5. The molecule has 0 saturated carbocycles. The van der Waals surface area contributed by atoms with Gasteiger partial charge in [0.2, 0.25) is 5.95 Å². The SMILES string of the molecule is CCN1CCC(CNc2nc(NC)ncc2C)C1. The van der Waals surface area contributed by atoms with Gasteiger partial charge in [-0.3, -0.25) is 0 Å². The van der Waals surface area contributed by atoms with Crippen LogP contribution in [0.2, 0.25) is 0 Å². The van der Waals surface area contributed by atoms with E-state index in [-0.39, 0.29) is 0 Å². The van der Waals surface area contributed by atoms with Crippen molar-refractivity contribution in [2.24, 2.45) is 5.92 Å². The van der Waals surface area contributed by atoms with Crippen LogP contribution in [0.25, 0.3) is 0 Å². The molecule has 1 unspecified atom stereocenters. The van der Waals surface area contributed by atoms with Crippen LogP contribution < -0.4 is 10.6 Å². The Morgan fingerprint density at radius 3 is 3.00 bits per heavy atom. The Hall–Kier alpha value is -1.36. The molecule has 1 aliphatic heterocycles. The zero-order chi connectivity index (χ0) is 13.0. The number of aryl methyl sites for hydroxylation is 1. The Morgan fingerprint density at radius 2 is 2.33 bits per heavy atom. The molecular weight excluding hydrogens is 226 g/mol. The van der Waals surface area contributed by atoms with Crippen molar-refractivity contribution >= 4 is 11.8 Å². The first-order valence-electron chi connectivity index (χ1n) is 6.70. The van der Waals surface area contributed by atoms with Crippen LogP contribution in [0.5, 0.6) is 0 Å². The van der Waals surface area contributed by atoms with E-state index in [2.05, 4.69) is 32.4 Å². The molecule has 5 heteroatoms. The minimum Gasteiger partial charge on any atom is -0.369 e. The number of anilines is 2. The lowest BCUT2D eigenvalue weighted by atomic mass is 10.1. The summed E-state index contributed by atoms with van der Waals surface area (Å²) in [5, 5.41) is 6.42. The molecule has 2 heterocycles. The molecule has 2 N–H and O–H groups in total. The molecule has 2 rings (SSSR count). The first kappa shape index (κ1) is 13.1. The molecule has 0 amide bonds. The van der Waals surface area contributed by atoms with Crippen LogP contribution in [0.4, 0.5) is 11.8 Å². The Morgan fingerprint density at radius 1 is 1.50 bits per heavy atom. The fraction of sp³-hybridized carbons (Fsp3) is 0.692. The van der Waals surface area contributed by atoms with Crippen molar-refractivity contribution in [3.63, 3.8) is 0 Å². The minimum absolute atomic E-state index is 0.671. The standard InChI is InChI=1S/C13H23N5/c1-4-18-6-5-11(9-18)8-15-12-10(2)7-16-13(14-3)17-12/h7,11H,4-6,8-9H2,1-3H3,(H2,14,15,16,17). The molecule has 100 valence electrons. The summed E-state index contributed by atoms with van der Waals surface area (Å²) in [7, 11) is 1.84. The van der Waals surface area contributed by atoms with Crippen LogP contribution >= 0.6 is 0 Å². The number of likely N-dealkylation sites (tertiary alicyclic amines) is 1. The number of aromatic nitrogens is 2. The van der Waals surface area contributed by atoms with Crippen molar-refractivity contribution in [2.75, 3.05) is 43.9 Å². The van der Waals surface area contributed by atoms with E-state index < -0.39 is 0 Å². The van der Waals surface area contributed by atoms with Gasteiger partial charge in [-0.2, -0.15) is 4.98 Å². The Labute approximate surface area is 109 Å². The summed E-state index contributed by atoms with van der Waals surface area (Å²) in [6, 6.07) is 0. The smallest absolute Gasteiger partial charge is 0.224 e. The molecule has 1 aromatic rings. The highest BCUT2D eigenvalue weighted by Crippen LogP contribution is 2.18. The van der Waals surface area contributed by atoms with Gasteiger partial charge in [-0.1, -0.05) is 6.92 Å². The second kappa shape index (κ2) is 6.00. The third kappa shape index (κ3) is 3.10. The average molecular weight is 249 g/mol. The van der Waals surface area contributed by atoms with Crippen LogP contribution in [-0.2, 0) is 0 Å². The molecule has 5 nitrogen and oxygen atoms in total. The number of hydrogen-bond acceptors (Lipinski definition) is 5. The average Bonchev–Trinajstić information content (AvgIpc) is 2.86. The van der Waals surface area contributed by atoms with E-state index in [9.17, 15) is 0 Å². The quantitative estimate of drug-likeness (QED) is 0.830. The van der Waals surface area contributed by atoms with Gasteiger partial charge in [0.1, 0.15) is 5.82 Å². The van der Waals surface area contributed by atoms with Crippen molar-refractivity contribution in [3.8, 4) is 0 Å². The van der Waals surface area contributed by atoms with E-state index in [1.54, 1.807) is 0 Å². The summed E-state index contributed by atoms with van der Waals surface area (Å²) in [6.45, 7) is 8.85. The molecule has 1 atom stereocenters. The summed E-state index contributed by atoms with van der Waals surface area (Å²) in [6.07, 6.45) is 3.14. The maximum Gasteiger partial charge on any atom is 0.224 e. The minimum atomic E-state index is 0.671. The third-order valence-electron chi connectivity index (χ3n) is 3.57. The van der Waals surface area contributed by atoms with Gasteiger partial charge < -0.3 is 15.5 Å². The van der Waals surface area contributed by atoms with Crippen LogP contribution in [0.1, 0.15) is 18.9 Å². The van der Waals surface area contributed by atoms with Gasteiger partial charge in [-0.25, -0.2) is 4.98 Å². The highest BCUT2D eigenvalue weighted by atomic mass is 15.2. The molecule has 0 bridgehead atoms. The van der Waals surface area contributed by atoms with Crippen molar-refractivity contribution in [1.82, 2.24) is 14.9 Å². The van der Waals surface area contributed by atoms with E-state index in [0.29, 0.717) is 5.95 Å². The van der Waals surface area contributed by atoms with Crippen molar-refractivity contribution in [3.05, 3.63) is 11.8 Å². The molecule has 1 saturated heterocycles. The van der Waals surface area contributed by atoms with Gasteiger partial charge in [-0.15, -0.1) is 0 Å². The van der Waals surface area contributed by atoms with Crippen molar-refractivity contribution < 1.29 is 0 Å². The lowest BCUT2D eigenvalue weighted by Gasteiger charge is -2.15. The summed E-state index contributed by atoms with van der Waals surface area (Å²) >= 11 is 0. The largest absolute Gasteiger partial charge is 0.369 e. The molecule has 1 aromatic heterocycles. The van der Waals surface area contributed by atoms with E-state index in [1.807, 2.05) is 20.2 Å². The van der Waals surface area contributed by atoms with Gasteiger partial charge in [0.15, 0.2) is 0 Å². The molecule has 0 spiro atoms. The van der Waals surface area contributed by atoms with Crippen LogP contribution in [0.15, 0.2) is 6.20 Å². The van der Waals surface area contributed by atoms with Gasteiger partial charge in [0, 0.05) is 31.9 Å². The second-order valence-electron chi connectivity index (χ2n) is 4.90. The molecular formula is C13H23N5. The van der Waals surface area contributed by atoms with Crippen LogP contribution in [0.3, 0.4) is 0 Å². The summed E-state index contributed by atoms with van der Waals surface area (Å²) in [5.74, 6) is 2.35. The predicted octanol–water partition coefficient (Wildman–Crippen LogP) is 1.58. The normalized spacial score (nSPS) is 20.1. The summed E-state index contributed by atoms with van der Waals surface area (Å²) < 4.78 is 0. The van der Waals surface area contributed by atoms with Crippen molar-refractivity contribution in [1.29, 1.82) is 0 Å². The van der Waals surface area contributed by atoms with Crippen molar-refractivity contribution in [2.45, 2.75) is 20.3 Å². The van der Waals surface area contributed by atoms with E-state index in [4.69, 9.17) is 0 Å². The summed E-state index contributed by atoms with van der Waals surface area (Å²) in [4.78, 5) is 11.1. The lowest BCUT2D eigenvalue weighted by molar-refractivity contribution is 0.345. The van der Waals surface area contributed by atoms with Gasteiger partial charge in [0.25, 0.3) is 0 Å². The molecule has 0 radical (unpaired) electrons. The Balaban J connectivity index is 1.90. The highest BCUT2D eigenvalue weighted by molar-refractivity contribution is 5.46. The highest BCUT2D eigenvalue weighted by Gasteiger charge is 2.20. The lowest BCUT2D eigenvalue weighted by Crippen LogP contribution is -2.23. The number of nitrogens with one attached hydrogen (secondary N) is 2. The van der Waals surface area contributed by atoms with E-state index in [0.717, 1.165) is 30.4 Å². The monoisotopic (exact) mass is 249 g/mol. The van der Waals surface area contributed by atoms with Crippen LogP contribution in [0, 0.1) is 12.8 Å². The van der Waals surface area contributed by atoms with Gasteiger partial charge in [0.05, 0.1) is 0 Å². The Kier molecular flexibility index (Phi) is 4.36. The zero-order valence-corrected chi connectivity index (χ0v) is 11.5. The fourth-order valence-corrected chi connectivity index (χ4v) is 2.35. The maximum atomic E-state index is 4.44. The zero-order valence-electron chi connectivity index (χ0n) is 11.5. The fourth-order valence-electron chi connectivity index (χ4n) is 2.35. The first-order chi connectivity index (χ1) is 8.72. The first-order valence-corrected chi connectivity index (χ1v) is 6.70. The number of nitrogens with zero attached hydrogens (tertiary/aromatic N) is 3. The molecule has 18 heavy (non-hydrogen) atoms. The van der Waals surface area contributed by atoms with E-state index in [1.165, 1.54) is 19.5 Å². The maximum absolute atomic E-state index is 4.44. The second-order valence-corrected chi connectivity index (χ2v) is 4.90. The summed E-state index contributed by atoms with van der Waals surface area (Å²) in [5.41, 5.74) is 1.10. The molecule has 1 aliphatic rings. The Bertz CT molecular complexity index is 393. The topological polar surface area (TPSA) is 53.1 Å². The van der Waals surface area contributed by atoms with Gasteiger partial charge >= 0.3 is 0 Å². The molecule has 1 fully saturated rings. The van der Waals surface area contributed by atoms with E-state index >= 15 is 0 Å². The van der Waals surface area contributed by atoms with Crippen LogP contribution in [-0.4, -0.2) is 48.1 Å². The van der Waals surface area contributed by atoms with Gasteiger partial charge in [-0.05, 0) is 32.4 Å². The third-order valence-corrected chi connectivity index (χ3v) is 3.57. The number of hydrogen-bond donors (Lipinski definition) is 2.